The molecule has 0 aliphatic carbocycles. The van der Waals surface area contributed by atoms with Gasteiger partial charge in [-0.05, 0) is 23.6 Å². The second-order valence-electron chi connectivity index (χ2n) is 3.34. The number of benzene rings is 2. The number of primary amides is 1. The average molecular weight is 294 g/mol. The predicted octanol–water partition coefficient (Wildman–Crippen LogP) is 3.47. The third-order valence-corrected chi connectivity index (χ3v) is 2.68. The number of hydrogen-bond acceptors (Lipinski definition) is 3. The number of carbonyl (C=O) groups is 1. The largest absolute Gasteiger partial charge is 0.505 e. The van der Waals surface area contributed by atoms with Crippen molar-refractivity contribution in [1.82, 2.24) is 0 Å². The summed E-state index contributed by atoms with van der Waals surface area (Å²) in [5.41, 5.74) is 5.04. The van der Waals surface area contributed by atoms with Crippen LogP contribution >= 0.6 is 15.9 Å². The molecule has 0 aliphatic rings. The zero-order valence-corrected chi connectivity index (χ0v) is 10.2. The van der Waals surface area contributed by atoms with Crippen LogP contribution in [-0.4, -0.2) is 11.1 Å². The lowest BCUT2D eigenvalue weighted by Crippen LogP contribution is -2.01. The molecule has 0 bridgehead atoms. The lowest BCUT2D eigenvalue weighted by Gasteiger charge is -2.03. The SMILES string of the molecule is NC(=O)N=Nc1ccc2ccc(Br)cc2c1O. The van der Waals surface area contributed by atoms with Crippen LogP contribution < -0.4 is 5.73 Å². The number of azo groups is 1. The molecule has 2 aromatic carbocycles. The molecule has 0 aliphatic heterocycles. The molecular formula is C11H8BrN3O2. The molecule has 3 N–H and O–H groups in total. The summed E-state index contributed by atoms with van der Waals surface area (Å²) in [6.45, 7) is 0. The molecule has 0 atom stereocenters. The molecule has 2 amide bonds. The number of hydrogen-bond donors (Lipinski definition) is 2. The molecule has 86 valence electrons. The van der Waals surface area contributed by atoms with Crippen molar-refractivity contribution >= 4 is 38.4 Å². The second-order valence-corrected chi connectivity index (χ2v) is 4.25. The Morgan fingerprint density at radius 3 is 2.71 bits per heavy atom. The molecule has 2 rings (SSSR count). The Morgan fingerprint density at radius 2 is 2.00 bits per heavy atom. The van der Waals surface area contributed by atoms with Crippen LogP contribution in [0.2, 0.25) is 0 Å². The number of nitrogens with two attached hydrogens (primary N) is 1. The van der Waals surface area contributed by atoms with Crippen LogP contribution in [0.3, 0.4) is 0 Å². The molecule has 0 saturated carbocycles. The third kappa shape index (κ3) is 2.42. The summed E-state index contributed by atoms with van der Waals surface area (Å²) >= 11 is 3.31. The number of aromatic hydroxyl groups is 1. The first kappa shape index (κ1) is 11.5. The molecule has 5 nitrogen and oxygen atoms in total. The Morgan fingerprint density at radius 1 is 1.29 bits per heavy atom. The van der Waals surface area contributed by atoms with Crippen LogP contribution in [0, 0.1) is 0 Å². The van der Waals surface area contributed by atoms with Gasteiger partial charge in [-0.3, -0.25) is 0 Å². The van der Waals surface area contributed by atoms with Crippen molar-refractivity contribution in [3.05, 3.63) is 34.8 Å². The van der Waals surface area contributed by atoms with Gasteiger partial charge in [-0.1, -0.05) is 33.2 Å². The number of fused-ring (bicyclic) bond motifs is 1. The van der Waals surface area contributed by atoms with Crippen LogP contribution in [0.5, 0.6) is 5.75 Å². The van der Waals surface area contributed by atoms with E-state index in [2.05, 4.69) is 26.2 Å². The van der Waals surface area contributed by atoms with Gasteiger partial charge in [0.25, 0.3) is 0 Å². The first-order valence-electron chi connectivity index (χ1n) is 4.70. The zero-order chi connectivity index (χ0) is 12.4. The highest BCUT2D eigenvalue weighted by molar-refractivity contribution is 9.10. The lowest BCUT2D eigenvalue weighted by molar-refractivity contribution is 0.255. The summed E-state index contributed by atoms with van der Waals surface area (Å²) in [5.74, 6) is -0.0335. The van der Waals surface area contributed by atoms with Crippen molar-refractivity contribution in [2.45, 2.75) is 0 Å². The van der Waals surface area contributed by atoms with Gasteiger partial charge in [0.05, 0.1) is 0 Å². The summed E-state index contributed by atoms with van der Waals surface area (Å²) in [7, 11) is 0. The maximum atomic E-state index is 10.5. The molecule has 6 heteroatoms. The van der Waals surface area contributed by atoms with E-state index in [1.54, 1.807) is 18.2 Å². The second kappa shape index (κ2) is 4.50. The predicted molar refractivity (Wildman–Crippen MR) is 67.4 cm³/mol. The van der Waals surface area contributed by atoms with E-state index in [0.29, 0.717) is 5.39 Å². The van der Waals surface area contributed by atoms with E-state index < -0.39 is 6.03 Å². The topological polar surface area (TPSA) is 88.0 Å². The minimum Gasteiger partial charge on any atom is -0.505 e. The monoisotopic (exact) mass is 293 g/mol. The van der Waals surface area contributed by atoms with Crippen LogP contribution in [-0.2, 0) is 0 Å². The van der Waals surface area contributed by atoms with Gasteiger partial charge in [-0.2, -0.15) is 0 Å². The van der Waals surface area contributed by atoms with Crippen molar-refractivity contribution in [1.29, 1.82) is 0 Å². The van der Waals surface area contributed by atoms with Gasteiger partial charge in [-0.15, -0.1) is 5.11 Å². The Kier molecular flexibility index (Phi) is 3.06. The molecular weight excluding hydrogens is 286 g/mol. The van der Waals surface area contributed by atoms with E-state index in [1.807, 2.05) is 12.1 Å². The van der Waals surface area contributed by atoms with Gasteiger partial charge >= 0.3 is 6.03 Å². The third-order valence-electron chi connectivity index (χ3n) is 2.19. The molecule has 0 spiro atoms. The first-order chi connectivity index (χ1) is 8.08. The molecule has 0 radical (unpaired) electrons. The van der Waals surface area contributed by atoms with Gasteiger partial charge < -0.3 is 10.8 Å². The van der Waals surface area contributed by atoms with Crippen molar-refractivity contribution < 1.29 is 9.90 Å². The Hall–Kier alpha value is -1.95. The highest BCUT2D eigenvalue weighted by Gasteiger charge is 2.06. The smallest absolute Gasteiger partial charge is 0.356 e. The lowest BCUT2D eigenvalue weighted by atomic mass is 10.1. The van der Waals surface area contributed by atoms with Crippen LogP contribution in [0.1, 0.15) is 0 Å². The van der Waals surface area contributed by atoms with Crippen molar-refractivity contribution in [2.75, 3.05) is 0 Å². The number of urea groups is 1. The van der Waals surface area contributed by atoms with E-state index in [0.717, 1.165) is 9.86 Å². The summed E-state index contributed by atoms with van der Waals surface area (Å²) in [5, 5.41) is 18.2. The maximum absolute atomic E-state index is 10.5. The molecule has 0 saturated heterocycles. The van der Waals surface area contributed by atoms with Gasteiger partial charge in [0.1, 0.15) is 5.69 Å². The quantitative estimate of drug-likeness (QED) is 0.789. The first-order valence-corrected chi connectivity index (χ1v) is 5.49. The van der Waals surface area contributed by atoms with Gasteiger partial charge in [0.2, 0.25) is 0 Å². The fraction of sp³-hybridized carbons (Fsp3) is 0. The number of amides is 2. The molecule has 0 unspecified atom stereocenters. The number of phenols is 1. The van der Waals surface area contributed by atoms with Crippen molar-refractivity contribution in [2.24, 2.45) is 16.0 Å². The highest BCUT2D eigenvalue weighted by Crippen LogP contribution is 2.36. The van der Waals surface area contributed by atoms with E-state index in [9.17, 15) is 9.90 Å². The van der Waals surface area contributed by atoms with Crippen molar-refractivity contribution in [3.8, 4) is 5.75 Å². The minimum absolute atomic E-state index is 0.0335. The Balaban J connectivity index is 2.60. The number of phenolic OH excluding ortho intramolecular Hbond substituents is 1. The molecule has 0 aromatic heterocycles. The number of halogens is 1. The number of nitrogens with zero attached hydrogens (tertiary/aromatic N) is 2. The van der Waals surface area contributed by atoms with E-state index >= 15 is 0 Å². The zero-order valence-electron chi connectivity index (χ0n) is 8.59. The Bertz CT molecular complexity index is 625. The Labute approximate surface area is 105 Å². The van der Waals surface area contributed by atoms with E-state index in [1.165, 1.54) is 0 Å². The maximum Gasteiger partial charge on any atom is 0.356 e. The van der Waals surface area contributed by atoms with Crippen LogP contribution in [0.25, 0.3) is 10.8 Å². The minimum atomic E-state index is -0.904. The summed E-state index contributed by atoms with van der Waals surface area (Å²) in [6, 6.07) is 7.92. The van der Waals surface area contributed by atoms with Gasteiger partial charge in [0, 0.05) is 9.86 Å². The van der Waals surface area contributed by atoms with E-state index in [-0.39, 0.29) is 11.4 Å². The van der Waals surface area contributed by atoms with Gasteiger partial charge in [-0.25, -0.2) is 4.79 Å². The molecule has 0 heterocycles. The van der Waals surface area contributed by atoms with Crippen LogP contribution in [0.15, 0.2) is 45.0 Å². The molecule has 0 fully saturated rings. The summed E-state index contributed by atoms with van der Waals surface area (Å²) in [4.78, 5) is 10.5. The number of carbonyl (C=O) groups excluding carboxylic acids is 1. The van der Waals surface area contributed by atoms with Crippen LogP contribution in [0.4, 0.5) is 10.5 Å². The fourth-order valence-corrected chi connectivity index (χ4v) is 1.81. The summed E-state index contributed by atoms with van der Waals surface area (Å²) in [6.07, 6.45) is 0. The molecule has 17 heavy (non-hydrogen) atoms. The van der Waals surface area contributed by atoms with Gasteiger partial charge in [0.15, 0.2) is 5.75 Å². The highest BCUT2D eigenvalue weighted by atomic mass is 79.9. The fourth-order valence-electron chi connectivity index (χ4n) is 1.45. The molecule has 2 aromatic rings. The summed E-state index contributed by atoms with van der Waals surface area (Å²) < 4.78 is 0.837. The average Bonchev–Trinajstić information content (AvgIpc) is 2.29. The van der Waals surface area contributed by atoms with E-state index in [4.69, 9.17) is 5.73 Å². The van der Waals surface area contributed by atoms with Crippen molar-refractivity contribution in [3.63, 3.8) is 0 Å². The standard InChI is InChI=1S/C11H8BrN3O2/c12-7-3-1-6-2-4-9(14-15-11(13)17)10(16)8(6)5-7/h1-5,16H,(H2,13,17). The number of rotatable bonds is 1. The normalized spacial score (nSPS) is 11.1.